The van der Waals surface area contributed by atoms with Gasteiger partial charge in [-0.15, -0.1) is 0 Å². The SMILES string of the molecule is C[C@@H](Nc1nc(Cl)nc2c1nc(C(=O)N1CCOCC1)n2C)c1cccc(C(F)(F)CO)c1. The second kappa shape index (κ2) is 9.16. The number of anilines is 1. The Morgan fingerprint density at radius 1 is 1.30 bits per heavy atom. The van der Waals surface area contributed by atoms with Gasteiger partial charge in [0.2, 0.25) is 11.1 Å². The molecule has 2 aromatic heterocycles. The van der Waals surface area contributed by atoms with E-state index in [-0.39, 0.29) is 28.4 Å². The molecular formula is C21H23ClF2N6O3. The Bertz CT molecular complexity index is 1180. The number of aromatic nitrogens is 4. The first-order valence-electron chi connectivity index (χ1n) is 10.3. The highest BCUT2D eigenvalue weighted by Gasteiger charge is 2.31. The van der Waals surface area contributed by atoms with Crippen LogP contribution in [0.3, 0.4) is 0 Å². The number of amides is 1. The third kappa shape index (κ3) is 4.61. The largest absolute Gasteiger partial charge is 0.390 e. The average molecular weight is 481 g/mol. The Morgan fingerprint density at radius 3 is 2.73 bits per heavy atom. The number of fused-ring (bicyclic) bond motifs is 1. The van der Waals surface area contributed by atoms with E-state index in [0.717, 1.165) is 0 Å². The molecule has 1 fully saturated rings. The highest BCUT2D eigenvalue weighted by atomic mass is 35.5. The van der Waals surface area contributed by atoms with Crippen LogP contribution >= 0.6 is 11.6 Å². The van der Waals surface area contributed by atoms with Crippen LogP contribution in [-0.4, -0.2) is 68.3 Å². The number of carbonyl (C=O) groups is 1. The van der Waals surface area contributed by atoms with E-state index in [4.69, 9.17) is 21.4 Å². The van der Waals surface area contributed by atoms with Gasteiger partial charge in [-0.3, -0.25) is 4.79 Å². The summed E-state index contributed by atoms with van der Waals surface area (Å²) < 4.78 is 34.7. The molecule has 1 aromatic carbocycles. The van der Waals surface area contributed by atoms with Gasteiger partial charge in [0, 0.05) is 25.7 Å². The topological polar surface area (TPSA) is 105 Å². The molecule has 0 saturated carbocycles. The molecular weight excluding hydrogens is 458 g/mol. The number of morpholine rings is 1. The number of halogens is 3. The monoisotopic (exact) mass is 480 g/mol. The summed E-state index contributed by atoms with van der Waals surface area (Å²) in [4.78, 5) is 27.5. The Morgan fingerprint density at radius 2 is 2.03 bits per heavy atom. The molecule has 1 atom stereocenters. The molecule has 0 unspecified atom stereocenters. The van der Waals surface area contributed by atoms with Gasteiger partial charge in [-0.2, -0.15) is 18.7 Å². The molecule has 4 rings (SSSR count). The molecule has 1 aliphatic rings. The quantitative estimate of drug-likeness (QED) is 0.522. The molecule has 0 aliphatic carbocycles. The maximum atomic E-state index is 13.9. The Labute approximate surface area is 193 Å². The van der Waals surface area contributed by atoms with Gasteiger partial charge < -0.3 is 24.6 Å². The molecule has 33 heavy (non-hydrogen) atoms. The molecule has 9 nitrogen and oxygen atoms in total. The van der Waals surface area contributed by atoms with Gasteiger partial charge in [0.05, 0.1) is 19.3 Å². The van der Waals surface area contributed by atoms with Gasteiger partial charge in [0.15, 0.2) is 17.0 Å². The lowest BCUT2D eigenvalue weighted by atomic mass is 10.0. The first-order valence-corrected chi connectivity index (χ1v) is 10.7. The molecule has 0 radical (unpaired) electrons. The number of aliphatic hydroxyl groups is 1. The van der Waals surface area contributed by atoms with E-state index in [0.29, 0.717) is 43.0 Å². The average Bonchev–Trinajstić information content (AvgIpc) is 3.15. The van der Waals surface area contributed by atoms with Crippen molar-refractivity contribution in [3.8, 4) is 0 Å². The molecule has 1 saturated heterocycles. The van der Waals surface area contributed by atoms with Crippen molar-refractivity contribution in [3.63, 3.8) is 0 Å². The van der Waals surface area contributed by atoms with Crippen molar-refractivity contribution in [2.45, 2.75) is 18.9 Å². The van der Waals surface area contributed by atoms with Crippen molar-refractivity contribution in [2.75, 3.05) is 38.2 Å². The van der Waals surface area contributed by atoms with Crippen LogP contribution in [0, 0.1) is 0 Å². The molecule has 176 valence electrons. The van der Waals surface area contributed by atoms with E-state index in [1.165, 1.54) is 18.2 Å². The second-order valence-corrected chi connectivity index (χ2v) is 8.10. The van der Waals surface area contributed by atoms with Crippen LogP contribution in [-0.2, 0) is 17.7 Å². The molecule has 3 heterocycles. The van der Waals surface area contributed by atoms with Gasteiger partial charge in [-0.25, -0.2) is 4.98 Å². The van der Waals surface area contributed by atoms with Crippen LogP contribution in [0.25, 0.3) is 11.2 Å². The summed E-state index contributed by atoms with van der Waals surface area (Å²) in [6, 6.07) is 5.29. The second-order valence-electron chi connectivity index (χ2n) is 7.77. The molecule has 1 aliphatic heterocycles. The number of benzene rings is 1. The molecule has 12 heteroatoms. The first kappa shape index (κ1) is 23.3. The highest BCUT2D eigenvalue weighted by molar-refractivity contribution is 6.28. The minimum Gasteiger partial charge on any atom is -0.390 e. The zero-order chi connectivity index (χ0) is 23.8. The zero-order valence-corrected chi connectivity index (χ0v) is 18.8. The maximum Gasteiger partial charge on any atom is 0.295 e. The number of hydrogen-bond acceptors (Lipinski definition) is 7. The van der Waals surface area contributed by atoms with Gasteiger partial charge in [-0.1, -0.05) is 18.2 Å². The maximum absolute atomic E-state index is 13.9. The summed E-state index contributed by atoms with van der Waals surface area (Å²) in [7, 11) is 1.67. The minimum atomic E-state index is -3.35. The summed E-state index contributed by atoms with van der Waals surface area (Å²) in [5.74, 6) is -3.15. The number of aryl methyl sites for hydroxylation is 1. The fraction of sp³-hybridized carbons (Fsp3) is 0.429. The number of ether oxygens (including phenoxy) is 1. The normalized spacial score (nSPS) is 15.6. The number of carbonyl (C=O) groups excluding carboxylic acids is 1. The van der Waals surface area contributed by atoms with Crippen LogP contribution in [0.5, 0.6) is 0 Å². The number of imidazole rings is 1. The van der Waals surface area contributed by atoms with Gasteiger partial charge >= 0.3 is 0 Å². The molecule has 1 amide bonds. The molecule has 3 aromatic rings. The Hall–Kier alpha value is -2.89. The fourth-order valence-electron chi connectivity index (χ4n) is 3.65. The van der Waals surface area contributed by atoms with E-state index in [2.05, 4.69) is 20.3 Å². The van der Waals surface area contributed by atoms with Crippen molar-refractivity contribution in [2.24, 2.45) is 7.05 Å². The smallest absolute Gasteiger partial charge is 0.295 e. The third-order valence-corrected chi connectivity index (χ3v) is 5.71. The number of rotatable bonds is 6. The van der Waals surface area contributed by atoms with Crippen LogP contribution < -0.4 is 5.32 Å². The van der Waals surface area contributed by atoms with Crippen LogP contribution in [0.15, 0.2) is 24.3 Å². The van der Waals surface area contributed by atoms with Gasteiger partial charge in [0.1, 0.15) is 6.61 Å². The predicted molar refractivity (Wildman–Crippen MR) is 117 cm³/mol. The number of aliphatic hydroxyl groups excluding tert-OH is 1. The number of alkyl halides is 2. The number of hydrogen-bond donors (Lipinski definition) is 2. The Balaban J connectivity index is 1.67. The zero-order valence-electron chi connectivity index (χ0n) is 18.1. The number of nitrogens with zero attached hydrogens (tertiary/aromatic N) is 5. The van der Waals surface area contributed by atoms with Crippen LogP contribution in [0.1, 0.15) is 34.7 Å². The minimum absolute atomic E-state index is 0.0499. The van der Waals surface area contributed by atoms with Gasteiger partial charge in [-0.05, 0) is 30.2 Å². The summed E-state index contributed by atoms with van der Waals surface area (Å²) >= 11 is 6.12. The van der Waals surface area contributed by atoms with E-state index in [1.54, 1.807) is 29.5 Å². The summed E-state index contributed by atoms with van der Waals surface area (Å²) in [6.45, 7) is 2.33. The molecule has 0 spiro atoms. The van der Waals surface area contributed by atoms with E-state index >= 15 is 0 Å². The van der Waals surface area contributed by atoms with Crippen molar-refractivity contribution < 1.29 is 23.4 Å². The number of nitrogens with one attached hydrogen (secondary N) is 1. The fourth-order valence-corrected chi connectivity index (χ4v) is 3.81. The lowest BCUT2D eigenvalue weighted by molar-refractivity contribution is -0.0556. The van der Waals surface area contributed by atoms with Crippen LogP contribution in [0.2, 0.25) is 5.28 Å². The molecule has 2 N–H and O–H groups in total. The summed E-state index contributed by atoms with van der Waals surface area (Å²) in [5.41, 5.74) is 0.950. The lowest BCUT2D eigenvalue weighted by Gasteiger charge is -2.26. The van der Waals surface area contributed by atoms with Crippen molar-refractivity contribution in [3.05, 3.63) is 46.5 Å². The van der Waals surface area contributed by atoms with Gasteiger partial charge in [0.25, 0.3) is 11.8 Å². The van der Waals surface area contributed by atoms with E-state index in [1.807, 2.05) is 0 Å². The summed E-state index contributed by atoms with van der Waals surface area (Å²) in [5, 5.41) is 12.1. The lowest BCUT2D eigenvalue weighted by Crippen LogP contribution is -2.41. The predicted octanol–water partition coefficient (Wildman–Crippen LogP) is 2.75. The van der Waals surface area contributed by atoms with E-state index < -0.39 is 18.6 Å². The first-order chi connectivity index (χ1) is 15.7. The molecule has 0 bridgehead atoms. The van der Waals surface area contributed by atoms with E-state index in [9.17, 15) is 13.6 Å². The van der Waals surface area contributed by atoms with Crippen molar-refractivity contribution in [1.29, 1.82) is 0 Å². The highest BCUT2D eigenvalue weighted by Crippen LogP contribution is 2.31. The standard InChI is InChI=1S/C21H23ClF2N6O3/c1-12(13-4-3-5-14(10-13)21(23,24)11-31)25-16-15-17(28-20(22)27-16)29(2)18(26-15)19(32)30-6-8-33-9-7-30/h3-5,10,12,31H,6-9,11H2,1-2H3,(H,25,27,28)/t12-/m1/s1. The Kier molecular flexibility index (Phi) is 6.46. The van der Waals surface area contributed by atoms with Crippen molar-refractivity contribution in [1.82, 2.24) is 24.4 Å². The van der Waals surface area contributed by atoms with Crippen LogP contribution in [0.4, 0.5) is 14.6 Å². The van der Waals surface area contributed by atoms with Crippen molar-refractivity contribution >= 4 is 34.5 Å². The third-order valence-electron chi connectivity index (χ3n) is 5.54. The summed E-state index contributed by atoms with van der Waals surface area (Å²) in [6.07, 6.45) is 0.